The number of sulfone groups is 1. The number of Topliss-reactive ketones (excluding diaryl/α,β-unsaturated/α-hetero) is 1. The summed E-state index contributed by atoms with van der Waals surface area (Å²) in [4.78, 5) is 14.4. The highest BCUT2D eigenvalue weighted by molar-refractivity contribution is 7.90. The highest BCUT2D eigenvalue weighted by Crippen LogP contribution is 2.22. The largest absolute Gasteiger partial charge is 0.299 e. The quantitative estimate of drug-likeness (QED) is 0.782. The van der Waals surface area contributed by atoms with Crippen molar-refractivity contribution in [3.63, 3.8) is 0 Å². The molecule has 1 aliphatic rings. The zero-order chi connectivity index (χ0) is 14.8. The fourth-order valence-electron chi connectivity index (χ4n) is 2.76. The second-order valence-electron chi connectivity index (χ2n) is 5.71. The number of likely N-dealkylation sites (tertiary alicyclic amines) is 1. The van der Waals surface area contributed by atoms with Gasteiger partial charge in [-0.2, -0.15) is 0 Å². The van der Waals surface area contributed by atoms with Crippen LogP contribution in [-0.4, -0.2) is 44.2 Å². The van der Waals surface area contributed by atoms with Gasteiger partial charge in [0.2, 0.25) is 0 Å². The molecule has 6 heteroatoms. The summed E-state index contributed by atoms with van der Waals surface area (Å²) in [7, 11) is -2.90. The molecule has 1 atom stereocenters. The van der Waals surface area contributed by atoms with Crippen LogP contribution in [0.25, 0.3) is 0 Å². The van der Waals surface area contributed by atoms with Gasteiger partial charge in [0.1, 0.15) is 9.84 Å². The number of hydrogen-bond donors (Lipinski definition) is 0. The van der Waals surface area contributed by atoms with E-state index in [1.165, 1.54) is 17.6 Å². The van der Waals surface area contributed by atoms with Gasteiger partial charge in [-0.05, 0) is 49.2 Å². The average Bonchev–Trinajstić information content (AvgIpc) is 2.75. The van der Waals surface area contributed by atoms with Gasteiger partial charge in [0, 0.05) is 19.3 Å². The summed E-state index contributed by atoms with van der Waals surface area (Å²) in [5, 5.41) is 2.02. The molecule has 1 aliphatic heterocycles. The lowest BCUT2D eigenvalue weighted by Gasteiger charge is -2.32. The summed E-state index contributed by atoms with van der Waals surface area (Å²) in [5.74, 6) is 0.630. The highest BCUT2D eigenvalue weighted by atomic mass is 32.2. The highest BCUT2D eigenvalue weighted by Gasteiger charge is 2.23. The Morgan fingerprint density at radius 1 is 1.50 bits per heavy atom. The second kappa shape index (κ2) is 6.37. The van der Waals surface area contributed by atoms with Crippen LogP contribution in [0.15, 0.2) is 11.4 Å². The van der Waals surface area contributed by atoms with Crippen LogP contribution in [0.2, 0.25) is 0 Å². The predicted octanol–water partition coefficient (Wildman–Crippen LogP) is 2.21. The van der Waals surface area contributed by atoms with E-state index in [0.717, 1.165) is 42.9 Å². The molecule has 1 aromatic heterocycles. The van der Waals surface area contributed by atoms with Crippen molar-refractivity contribution < 1.29 is 13.2 Å². The molecule has 112 valence electrons. The van der Waals surface area contributed by atoms with Crippen molar-refractivity contribution in [2.45, 2.75) is 26.3 Å². The number of ketones is 1. The van der Waals surface area contributed by atoms with E-state index in [4.69, 9.17) is 0 Å². The molecule has 2 heterocycles. The maximum atomic E-state index is 11.4. The van der Waals surface area contributed by atoms with Crippen LogP contribution in [-0.2, 0) is 16.4 Å². The molecule has 0 bridgehead atoms. The van der Waals surface area contributed by atoms with Crippen molar-refractivity contribution >= 4 is 27.0 Å². The Labute approximate surface area is 124 Å². The van der Waals surface area contributed by atoms with Crippen molar-refractivity contribution in [1.29, 1.82) is 0 Å². The molecule has 0 radical (unpaired) electrons. The first-order valence-corrected chi connectivity index (χ1v) is 9.76. The maximum absolute atomic E-state index is 11.4. The summed E-state index contributed by atoms with van der Waals surface area (Å²) in [6.45, 7) is 4.23. The minimum Gasteiger partial charge on any atom is -0.299 e. The number of carbonyl (C=O) groups excluding carboxylic acids is 1. The fourth-order valence-corrected chi connectivity index (χ4v) is 4.70. The smallest absolute Gasteiger partial charge is 0.169 e. The number of hydrogen-bond acceptors (Lipinski definition) is 5. The van der Waals surface area contributed by atoms with Gasteiger partial charge in [-0.15, -0.1) is 11.3 Å². The van der Waals surface area contributed by atoms with Crippen LogP contribution in [0.3, 0.4) is 0 Å². The van der Waals surface area contributed by atoms with E-state index in [1.807, 2.05) is 11.4 Å². The molecule has 0 amide bonds. The summed E-state index contributed by atoms with van der Waals surface area (Å²) < 4.78 is 22.8. The first-order valence-electron chi connectivity index (χ1n) is 6.82. The number of piperidine rings is 1. The van der Waals surface area contributed by atoms with Crippen LogP contribution >= 0.6 is 11.3 Å². The van der Waals surface area contributed by atoms with Gasteiger partial charge in [-0.1, -0.05) is 0 Å². The number of carbonyl (C=O) groups is 1. The van der Waals surface area contributed by atoms with Gasteiger partial charge in [-0.3, -0.25) is 9.69 Å². The van der Waals surface area contributed by atoms with Crippen LogP contribution in [0.4, 0.5) is 0 Å². The SMILES string of the molecule is CC(=O)c1cc(CN2CCC[C@H](CS(C)(=O)=O)C2)cs1. The van der Waals surface area contributed by atoms with E-state index in [2.05, 4.69) is 4.90 Å². The topological polar surface area (TPSA) is 54.5 Å². The maximum Gasteiger partial charge on any atom is 0.169 e. The number of rotatable bonds is 5. The van der Waals surface area contributed by atoms with Crippen molar-refractivity contribution in [3.05, 3.63) is 21.9 Å². The van der Waals surface area contributed by atoms with Crippen LogP contribution < -0.4 is 0 Å². The molecule has 0 aromatic carbocycles. The van der Waals surface area contributed by atoms with Gasteiger partial charge >= 0.3 is 0 Å². The minimum absolute atomic E-state index is 0.106. The Morgan fingerprint density at radius 2 is 2.25 bits per heavy atom. The van der Waals surface area contributed by atoms with Crippen molar-refractivity contribution in [2.75, 3.05) is 25.1 Å². The zero-order valence-electron chi connectivity index (χ0n) is 12.0. The molecule has 0 spiro atoms. The van der Waals surface area contributed by atoms with Crippen LogP contribution in [0.5, 0.6) is 0 Å². The Balaban J connectivity index is 1.93. The van der Waals surface area contributed by atoms with E-state index >= 15 is 0 Å². The Kier molecular flexibility index (Phi) is 4.99. The van der Waals surface area contributed by atoms with Gasteiger partial charge in [0.05, 0.1) is 10.6 Å². The van der Waals surface area contributed by atoms with E-state index < -0.39 is 9.84 Å². The third-order valence-electron chi connectivity index (χ3n) is 3.55. The lowest BCUT2D eigenvalue weighted by molar-refractivity contribution is 0.102. The van der Waals surface area contributed by atoms with Crippen LogP contribution in [0.1, 0.15) is 35.0 Å². The standard InChI is InChI=1S/C14H21NO3S2/c1-11(16)14-6-13(9-19-14)8-15-5-3-4-12(7-15)10-20(2,17)18/h6,9,12H,3-5,7-8,10H2,1-2H3/t12-/m0/s1. The normalized spacial score (nSPS) is 21.0. The molecule has 0 saturated carbocycles. The molecular formula is C14H21NO3S2. The third-order valence-corrected chi connectivity index (χ3v) is 5.71. The molecule has 0 unspecified atom stereocenters. The molecule has 0 aliphatic carbocycles. The molecule has 1 aromatic rings. The molecule has 20 heavy (non-hydrogen) atoms. The average molecular weight is 315 g/mol. The molecule has 1 fully saturated rings. The zero-order valence-corrected chi connectivity index (χ0v) is 13.6. The lowest BCUT2D eigenvalue weighted by atomic mass is 10.00. The summed E-state index contributed by atoms with van der Waals surface area (Å²) in [6.07, 6.45) is 3.35. The first kappa shape index (κ1) is 15.7. The lowest BCUT2D eigenvalue weighted by Crippen LogP contribution is -2.37. The molecule has 4 nitrogen and oxygen atoms in total. The Morgan fingerprint density at radius 3 is 2.85 bits per heavy atom. The number of nitrogens with zero attached hydrogens (tertiary/aromatic N) is 1. The van der Waals surface area contributed by atoms with Gasteiger partial charge < -0.3 is 0 Å². The summed E-state index contributed by atoms with van der Waals surface area (Å²) in [6, 6.07) is 1.95. The van der Waals surface area contributed by atoms with Crippen LogP contribution in [0, 0.1) is 5.92 Å². The fraction of sp³-hybridized carbons (Fsp3) is 0.643. The second-order valence-corrected chi connectivity index (χ2v) is 8.81. The molecular weight excluding hydrogens is 294 g/mol. The Hall–Kier alpha value is -0.720. The molecule has 1 saturated heterocycles. The van der Waals surface area contributed by atoms with E-state index in [-0.39, 0.29) is 17.5 Å². The van der Waals surface area contributed by atoms with Gasteiger partial charge in [0.15, 0.2) is 5.78 Å². The monoisotopic (exact) mass is 315 g/mol. The van der Waals surface area contributed by atoms with Crippen molar-refractivity contribution in [3.8, 4) is 0 Å². The van der Waals surface area contributed by atoms with Crippen molar-refractivity contribution in [1.82, 2.24) is 4.90 Å². The third kappa shape index (κ3) is 4.68. The number of thiophene rings is 1. The van der Waals surface area contributed by atoms with E-state index in [9.17, 15) is 13.2 Å². The van der Waals surface area contributed by atoms with E-state index in [1.54, 1.807) is 6.92 Å². The van der Waals surface area contributed by atoms with Crippen molar-refractivity contribution in [2.24, 2.45) is 5.92 Å². The predicted molar refractivity (Wildman–Crippen MR) is 82.0 cm³/mol. The Bertz CT molecular complexity index is 577. The van der Waals surface area contributed by atoms with E-state index in [0.29, 0.717) is 0 Å². The van der Waals surface area contributed by atoms with Gasteiger partial charge in [0.25, 0.3) is 0 Å². The molecule has 0 N–H and O–H groups in total. The van der Waals surface area contributed by atoms with Gasteiger partial charge in [-0.25, -0.2) is 8.42 Å². The minimum atomic E-state index is -2.90. The molecule has 2 rings (SSSR count). The summed E-state index contributed by atoms with van der Waals surface area (Å²) >= 11 is 1.48. The first-order chi connectivity index (χ1) is 9.33. The summed E-state index contributed by atoms with van der Waals surface area (Å²) in [5.41, 5.74) is 1.15.